The van der Waals surface area contributed by atoms with E-state index in [1.165, 1.54) is 7.11 Å². The van der Waals surface area contributed by atoms with Crippen molar-refractivity contribution in [3.8, 4) is 5.75 Å². The normalized spacial score (nSPS) is 11.1. The van der Waals surface area contributed by atoms with Gasteiger partial charge in [0, 0.05) is 5.57 Å². The molecule has 0 atom stereocenters. The number of hydrogen-bond donors (Lipinski definition) is 0. The molecule has 0 unspecified atom stereocenters. The van der Waals surface area contributed by atoms with E-state index in [1.807, 2.05) is 31.2 Å². The van der Waals surface area contributed by atoms with Gasteiger partial charge in [0.2, 0.25) is 0 Å². The van der Waals surface area contributed by atoms with Crippen molar-refractivity contribution < 1.29 is 14.3 Å². The Hall–Kier alpha value is -1.29. The average Bonchev–Trinajstić information content (AvgIpc) is 2.36. The molecule has 0 N–H and O–H groups in total. The summed E-state index contributed by atoms with van der Waals surface area (Å²) in [4.78, 5) is 11.3. The van der Waals surface area contributed by atoms with Gasteiger partial charge in [-0.1, -0.05) is 19.1 Å². The van der Waals surface area contributed by atoms with Crippen LogP contribution in [0.2, 0.25) is 0 Å². The molecule has 0 bridgehead atoms. The van der Waals surface area contributed by atoms with Gasteiger partial charge in [0.05, 0.1) is 11.6 Å². The number of carbonyl (C=O) groups excluding carboxylic acids is 1. The van der Waals surface area contributed by atoms with Crippen molar-refractivity contribution in [2.24, 2.45) is 0 Å². The van der Waals surface area contributed by atoms with Gasteiger partial charge in [0.1, 0.15) is 12.4 Å². The lowest BCUT2D eigenvalue weighted by atomic mass is 10.2. The van der Waals surface area contributed by atoms with Crippen molar-refractivity contribution in [1.82, 2.24) is 0 Å². The number of hydrogen-bond acceptors (Lipinski definition) is 3. The van der Waals surface area contributed by atoms with Crippen LogP contribution in [-0.2, 0) is 9.53 Å². The van der Waals surface area contributed by atoms with Gasteiger partial charge in [0.25, 0.3) is 0 Å². The summed E-state index contributed by atoms with van der Waals surface area (Å²) in [7, 11) is 1.38. The molecule has 0 aromatic heterocycles. The molecule has 3 nitrogen and oxygen atoms in total. The minimum Gasteiger partial charge on any atom is -0.488 e. The first kappa shape index (κ1) is 13.8. The number of esters is 1. The van der Waals surface area contributed by atoms with Gasteiger partial charge in [-0.05, 0) is 40.6 Å². The second kappa shape index (κ2) is 7.12. The van der Waals surface area contributed by atoms with E-state index >= 15 is 0 Å². The van der Waals surface area contributed by atoms with Gasteiger partial charge in [-0.2, -0.15) is 0 Å². The fourth-order valence-electron chi connectivity index (χ4n) is 1.30. The molecule has 4 heteroatoms. The van der Waals surface area contributed by atoms with Crippen molar-refractivity contribution in [3.63, 3.8) is 0 Å². The number of ether oxygens (including phenoxy) is 2. The SMILES string of the molecule is CCC(=CCOc1ccccc1Br)C(=O)OC. The molecule has 0 fully saturated rings. The summed E-state index contributed by atoms with van der Waals surface area (Å²) in [6.45, 7) is 2.25. The smallest absolute Gasteiger partial charge is 0.333 e. The van der Waals surface area contributed by atoms with E-state index < -0.39 is 0 Å². The number of para-hydroxylation sites is 1. The fourth-order valence-corrected chi connectivity index (χ4v) is 1.70. The highest BCUT2D eigenvalue weighted by atomic mass is 79.9. The minimum atomic E-state index is -0.303. The first-order chi connectivity index (χ1) is 8.19. The van der Waals surface area contributed by atoms with E-state index in [2.05, 4.69) is 20.7 Å². The second-order valence-corrected chi connectivity index (χ2v) is 4.17. The molecule has 92 valence electrons. The number of methoxy groups -OCH3 is 1. The van der Waals surface area contributed by atoms with Crippen molar-refractivity contribution in [2.45, 2.75) is 13.3 Å². The van der Waals surface area contributed by atoms with Crippen LogP contribution in [0.3, 0.4) is 0 Å². The third-order valence-corrected chi connectivity index (χ3v) is 2.89. The zero-order chi connectivity index (χ0) is 12.7. The number of carbonyl (C=O) groups is 1. The Morgan fingerprint density at radius 3 is 2.71 bits per heavy atom. The summed E-state index contributed by atoms with van der Waals surface area (Å²) >= 11 is 3.39. The number of rotatable bonds is 5. The van der Waals surface area contributed by atoms with E-state index in [1.54, 1.807) is 6.08 Å². The molecular weight excluding hydrogens is 284 g/mol. The molecule has 0 heterocycles. The summed E-state index contributed by atoms with van der Waals surface area (Å²) in [6, 6.07) is 7.57. The van der Waals surface area contributed by atoms with E-state index in [4.69, 9.17) is 4.74 Å². The Balaban J connectivity index is 2.59. The van der Waals surface area contributed by atoms with E-state index in [-0.39, 0.29) is 5.97 Å². The fraction of sp³-hybridized carbons (Fsp3) is 0.308. The Bertz CT molecular complexity index is 413. The molecule has 0 aliphatic carbocycles. The molecule has 0 aliphatic rings. The van der Waals surface area contributed by atoms with Crippen LogP contribution >= 0.6 is 15.9 Å². The van der Waals surface area contributed by atoms with Crippen LogP contribution in [0.5, 0.6) is 5.75 Å². The maximum atomic E-state index is 11.3. The van der Waals surface area contributed by atoms with E-state index in [0.717, 1.165) is 10.2 Å². The van der Waals surface area contributed by atoms with Gasteiger partial charge in [-0.3, -0.25) is 0 Å². The van der Waals surface area contributed by atoms with Crippen LogP contribution in [-0.4, -0.2) is 19.7 Å². The van der Waals surface area contributed by atoms with Crippen LogP contribution in [0.4, 0.5) is 0 Å². The summed E-state index contributed by atoms with van der Waals surface area (Å²) in [5.41, 5.74) is 0.625. The lowest BCUT2D eigenvalue weighted by Gasteiger charge is -2.06. The predicted octanol–water partition coefficient (Wildman–Crippen LogP) is 3.34. The highest BCUT2D eigenvalue weighted by Crippen LogP contribution is 2.23. The molecule has 0 aliphatic heterocycles. The van der Waals surface area contributed by atoms with Crippen LogP contribution in [0, 0.1) is 0 Å². The second-order valence-electron chi connectivity index (χ2n) is 3.32. The molecule has 1 aromatic carbocycles. The Kier molecular flexibility index (Phi) is 5.77. The molecule has 0 saturated heterocycles. The lowest BCUT2D eigenvalue weighted by molar-refractivity contribution is -0.136. The third-order valence-electron chi connectivity index (χ3n) is 2.23. The first-order valence-corrected chi connectivity index (χ1v) is 6.13. The molecule has 0 spiro atoms. The molecule has 0 saturated carbocycles. The monoisotopic (exact) mass is 298 g/mol. The largest absolute Gasteiger partial charge is 0.488 e. The summed E-state index contributed by atoms with van der Waals surface area (Å²) in [5.74, 6) is 0.451. The quantitative estimate of drug-likeness (QED) is 0.618. The Labute approximate surface area is 110 Å². The molecule has 1 aromatic rings. The topological polar surface area (TPSA) is 35.5 Å². The van der Waals surface area contributed by atoms with Gasteiger partial charge >= 0.3 is 5.97 Å². The highest BCUT2D eigenvalue weighted by molar-refractivity contribution is 9.10. The van der Waals surface area contributed by atoms with Crippen LogP contribution < -0.4 is 4.74 Å². The molecule has 0 radical (unpaired) electrons. The van der Waals surface area contributed by atoms with E-state index in [9.17, 15) is 4.79 Å². The number of benzene rings is 1. The van der Waals surface area contributed by atoms with Gasteiger partial charge in [-0.25, -0.2) is 4.79 Å². The molecule has 0 amide bonds. The minimum absolute atomic E-state index is 0.303. The summed E-state index contributed by atoms with van der Waals surface area (Å²) in [5, 5.41) is 0. The van der Waals surface area contributed by atoms with Crippen molar-refractivity contribution in [3.05, 3.63) is 40.4 Å². The maximum Gasteiger partial charge on any atom is 0.333 e. The highest BCUT2D eigenvalue weighted by Gasteiger charge is 2.06. The summed E-state index contributed by atoms with van der Waals surface area (Å²) < 4.78 is 11.1. The van der Waals surface area contributed by atoms with Crippen molar-refractivity contribution >= 4 is 21.9 Å². The van der Waals surface area contributed by atoms with Crippen LogP contribution in [0.1, 0.15) is 13.3 Å². The third kappa shape index (κ3) is 4.23. The van der Waals surface area contributed by atoms with E-state index in [0.29, 0.717) is 18.6 Å². The van der Waals surface area contributed by atoms with Crippen molar-refractivity contribution in [1.29, 1.82) is 0 Å². The standard InChI is InChI=1S/C13H15BrO3/c1-3-10(13(15)16-2)8-9-17-12-7-5-4-6-11(12)14/h4-8H,3,9H2,1-2H3. The Morgan fingerprint density at radius 1 is 1.41 bits per heavy atom. The van der Waals surface area contributed by atoms with Crippen molar-refractivity contribution in [2.75, 3.05) is 13.7 Å². The molecular formula is C13H15BrO3. The summed E-state index contributed by atoms with van der Waals surface area (Å²) in [6.07, 6.45) is 2.37. The van der Waals surface area contributed by atoms with Gasteiger partial charge in [0.15, 0.2) is 0 Å². The zero-order valence-electron chi connectivity index (χ0n) is 9.90. The van der Waals surface area contributed by atoms with Crippen LogP contribution in [0.25, 0.3) is 0 Å². The maximum absolute atomic E-state index is 11.3. The zero-order valence-corrected chi connectivity index (χ0v) is 11.5. The average molecular weight is 299 g/mol. The molecule has 17 heavy (non-hydrogen) atoms. The Morgan fingerprint density at radius 2 is 2.12 bits per heavy atom. The predicted molar refractivity (Wildman–Crippen MR) is 70.0 cm³/mol. The molecule has 1 rings (SSSR count). The number of halogens is 1. The lowest BCUT2D eigenvalue weighted by Crippen LogP contribution is -2.06. The first-order valence-electron chi connectivity index (χ1n) is 5.33. The van der Waals surface area contributed by atoms with Crippen LogP contribution in [0.15, 0.2) is 40.4 Å². The van der Waals surface area contributed by atoms with Gasteiger partial charge < -0.3 is 9.47 Å². The van der Waals surface area contributed by atoms with Gasteiger partial charge in [-0.15, -0.1) is 0 Å².